The topological polar surface area (TPSA) is 53.6 Å². The molecular formula is C13H16N4. The van der Waals surface area contributed by atoms with Crippen LogP contribution in [0.25, 0.3) is 0 Å². The second-order valence-electron chi connectivity index (χ2n) is 4.46. The van der Waals surface area contributed by atoms with Crippen molar-refractivity contribution in [2.75, 3.05) is 0 Å². The Labute approximate surface area is 100 Å². The maximum atomic E-state index is 4.51. The summed E-state index contributed by atoms with van der Waals surface area (Å²) < 4.78 is 0. The van der Waals surface area contributed by atoms with Gasteiger partial charge in [-0.3, -0.25) is 10.1 Å². The van der Waals surface area contributed by atoms with Crippen molar-refractivity contribution < 1.29 is 0 Å². The largest absolute Gasteiger partial charge is 0.303 e. The van der Waals surface area contributed by atoms with Crippen LogP contribution in [0, 0.1) is 0 Å². The summed E-state index contributed by atoms with van der Waals surface area (Å²) in [5.74, 6) is 0. The van der Waals surface area contributed by atoms with Crippen molar-refractivity contribution in [3.8, 4) is 0 Å². The summed E-state index contributed by atoms with van der Waals surface area (Å²) in [5.41, 5.74) is 3.73. The van der Waals surface area contributed by atoms with Gasteiger partial charge in [-0.25, -0.2) is 0 Å². The van der Waals surface area contributed by atoms with Crippen molar-refractivity contribution in [1.82, 2.24) is 20.5 Å². The summed E-state index contributed by atoms with van der Waals surface area (Å²) in [4.78, 5) is 4.51. The molecule has 2 heterocycles. The van der Waals surface area contributed by atoms with Crippen molar-refractivity contribution >= 4 is 0 Å². The Morgan fingerprint density at radius 1 is 1.35 bits per heavy atom. The van der Waals surface area contributed by atoms with Crippen LogP contribution in [-0.4, -0.2) is 15.2 Å². The Kier molecular flexibility index (Phi) is 2.88. The van der Waals surface area contributed by atoms with Crippen molar-refractivity contribution in [2.24, 2.45) is 0 Å². The molecule has 0 fully saturated rings. The summed E-state index contributed by atoms with van der Waals surface area (Å²) in [7, 11) is 0. The maximum Gasteiger partial charge on any atom is 0.0605 e. The lowest BCUT2D eigenvalue weighted by molar-refractivity contribution is 0.445. The molecule has 17 heavy (non-hydrogen) atoms. The number of aryl methyl sites for hydroxylation is 1. The molecule has 0 amide bonds. The van der Waals surface area contributed by atoms with Gasteiger partial charge in [-0.2, -0.15) is 5.10 Å². The molecule has 0 saturated heterocycles. The standard InChI is InChI=1S/C13H16N4/c1-3-10-4-2-7-14-13(10)12(5-1)15-9-11-6-8-16-17-11/h2,4,6-8,12,15H,1,3,5,9H2,(H,16,17). The Morgan fingerprint density at radius 2 is 2.35 bits per heavy atom. The highest BCUT2D eigenvalue weighted by atomic mass is 15.1. The Hall–Kier alpha value is -1.68. The molecule has 0 bridgehead atoms. The number of aromatic nitrogens is 3. The third kappa shape index (κ3) is 2.22. The van der Waals surface area contributed by atoms with Gasteiger partial charge in [0.15, 0.2) is 0 Å². The molecule has 1 aliphatic rings. The monoisotopic (exact) mass is 228 g/mol. The molecule has 0 spiro atoms. The molecule has 3 rings (SSSR count). The van der Waals surface area contributed by atoms with Crippen LogP contribution < -0.4 is 5.32 Å². The lowest BCUT2D eigenvalue weighted by atomic mass is 9.92. The fourth-order valence-corrected chi connectivity index (χ4v) is 2.42. The van der Waals surface area contributed by atoms with Gasteiger partial charge in [0.1, 0.15) is 0 Å². The van der Waals surface area contributed by atoms with Gasteiger partial charge in [-0.15, -0.1) is 0 Å². The van der Waals surface area contributed by atoms with Gasteiger partial charge >= 0.3 is 0 Å². The Bertz CT molecular complexity index is 478. The zero-order valence-corrected chi connectivity index (χ0v) is 9.69. The molecule has 2 aromatic rings. The van der Waals surface area contributed by atoms with Gasteiger partial charge in [0, 0.05) is 24.6 Å². The van der Waals surface area contributed by atoms with Gasteiger partial charge in [0.05, 0.1) is 11.7 Å². The van der Waals surface area contributed by atoms with Gasteiger partial charge in [-0.1, -0.05) is 6.07 Å². The molecule has 2 aromatic heterocycles. The lowest BCUT2D eigenvalue weighted by Crippen LogP contribution is -2.26. The first-order valence-electron chi connectivity index (χ1n) is 6.09. The minimum atomic E-state index is 0.378. The summed E-state index contributed by atoms with van der Waals surface area (Å²) >= 11 is 0. The first-order valence-corrected chi connectivity index (χ1v) is 6.09. The summed E-state index contributed by atoms with van der Waals surface area (Å²) in [6, 6.07) is 6.58. The Morgan fingerprint density at radius 3 is 3.24 bits per heavy atom. The van der Waals surface area contributed by atoms with Gasteiger partial charge in [0.2, 0.25) is 0 Å². The second-order valence-corrected chi connectivity index (χ2v) is 4.46. The molecule has 0 radical (unpaired) electrons. The van der Waals surface area contributed by atoms with Crippen LogP contribution in [-0.2, 0) is 13.0 Å². The molecular weight excluding hydrogens is 212 g/mol. The lowest BCUT2D eigenvalue weighted by Gasteiger charge is -2.24. The van der Waals surface area contributed by atoms with E-state index in [1.165, 1.54) is 17.7 Å². The SMILES string of the molecule is c1cnc2c(c1)CCCC2NCc1ccn[nH]1. The van der Waals surface area contributed by atoms with E-state index in [0.717, 1.165) is 25.1 Å². The van der Waals surface area contributed by atoms with Crippen LogP contribution in [0.15, 0.2) is 30.6 Å². The smallest absolute Gasteiger partial charge is 0.0605 e. The molecule has 4 heteroatoms. The third-order valence-electron chi connectivity index (χ3n) is 3.29. The molecule has 1 aliphatic carbocycles. The predicted molar refractivity (Wildman–Crippen MR) is 65.3 cm³/mol. The zero-order valence-electron chi connectivity index (χ0n) is 9.69. The van der Waals surface area contributed by atoms with Crippen LogP contribution in [0.5, 0.6) is 0 Å². The zero-order chi connectivity index (χ0) is 11.5. The van der Waals surface area contributed by atoms with Crippen LogP contribution in [0.3, 0.4) is 0 Å². The molecule has 1 unspecified atom stereocenters. The number of rotatable bonds is 3. The first-order chi connectivity index (χ1) is 8.43. The van der Waals surface area contributed by atoms with Gasteiger partial charge in [-0.05, 0) is 37.0 Å². The van der Waals surface area contributed by atoms with E-state index in [1.54, 1.807) is 6.20 Å². The van der Waals surface area contributed by atoms with Crippen LogP contribution >= 0.6 is 0 Å². The average molecular weight is 228 g/mol. The second kappa shape index (κ2) is 4.67. The third-order valence-corrected chi connectivity index (χ3v) is 3.29. The number of nitrogens with zero attached hydrogens (tertiary/aromatic N) is 2. The number of nitrogens with one attached hydrogen (secondary N) is 2. The number of hydrogen-bond acceptors (Lipinski definition) is 3. The van der Waals surface area contributed by atoms with Crippen LogP contribution in [0.1, 0.15) is 35.8 Å². The van der Waals surface area contributed by atoms with E-state index < -0.39 is 0 Å². The number of aromatic amines is 1. The highest BCUT2D eigenvalue weighted by Gasteiger charge is 2.20. The number of pyridine rings is 1. The molecule has 0 aromatic carbocycles. The quantitative estimate of drug-likeness (QED) is 0.844. The van der Waals surface area contributed by atoms with E-state index in [4.69, 9.17) is 0 Å². The van der Waals surface area contributed by atoms with E-state index in [0.29, 0.717) is 6.04 Å². The summed E-state index contributed by atoms with van der Waals surface area (Å²) in [5, 5.41) is 10.5. The molecule has 0 saturated carbocycles. The van der Waals surface area contributed by atoms with Crippen LogP contribution in [0.4, 0.5) is 0 Å². The van der Waals surface area contributed by atoms with Crippen molar-refractivity contribution in [2.45, 2.75) is 31.8 Å². The number of hydrogen-bond donors (Lipinski definition) is 2. The summed E-state index contributed by atoms with van der Waals surface area (Å²) in [6.07, 6.45) is 7.22. The minimum absolute atomic E-state index is 0.378. The average Bonchev–Trinajstić information content (AvgIpc) is 2.89. The van der Waals surface area contributed by atoms with Crippen molar-refractivity contribution in [3.63, 3.8) is 0 Å². The predicted octanol–water partition coefficient (Wildman–Crippen LogP) is 1.97. The molecule has 0 aliphatic heterocycles. The van der Waals surface area contributed by atoms with Gasteiger partial charge < -0.3 is 5.32 Å². The fourth-order valence-electron chi connectivity index (χ4n) is 2.42. The van der Waals surface area contributed by atoms with E-state index >= 15 is 0 Å². The van der Waals surface area contributed by atoms with Crippen molar-refractivity contribution in [3.05, 3.63) is 47.5 Å². The minimum Gasteiger partial charge on any atom is -0.303 e. The highest BCUT2D eigenvalue weighted by Crippen LogP contribution is 2.27. The molecule has 2 N–H and O–H groups in total. The van der Waals surface area contributed by atoms with Crippen LogP contribution in [0.2, 0.25) is 0 Å². The number of H-pyrrole nitrogens is 1. The molecule has 1 atom stereocenters. The fraction of sp³-hybridized carbons (Fsp3) is 0.385. The highest BCUT2D eigenvalue weighted by molar-refractivity contribution is 5.25. The number of fused-ring (bicyclic) bond motifs is 1. The molecule has 4 nitrogen and oxygen atoms in total. The van der Waals surface area contributed by atoms with E-state index in [9.17, 15) is 0 Å². The van der Waals surface area contributed by atoms with E-state index in [-0.39, 0.29) is 0 Å². The maximum absolute atomic E-state index is 4.51. The normalized spacial score (nSPS) is 18.9. The summed E-state index contributed by atoms with van der Waals surface area (Å²) in [6.45, 7) is 0.820. The first kappa shape index (κ1) is 10.5. The van der Waals surface area contributed by atoms with E-state index in [2.05, 4.69) is 26.6 Å². The molecule has 88 valence electrons. The van der Waals surface area contributed by atoms with Gasteiger partial charge in [0.25, 0.3) is 0 Å². The Balaban J connectivity index is 1.72. The van der Waals surface area contributed by atoms with Crippen molar-refractivity contribution in [1.29, 1.82) is 0 Å². The van der Waals surface area contributed by atoms with E-state index in [1.807, 2.05) is 18.3 Å².